The lowest BCUT2D eigenvalue weighted by Crippen LogP contribution is -2.04. The highest BCUT2D eigenvalue weighted by Gasteiger charge is 1.91. The molecule has 0 fully saturated rings. The Morgan fingerprint density at radius 3 is 2.75 bits per heavy atom. The zero-order chi connectivity index (χ0) is 6.41. The molecule has 0 aromatic heterocycles. The van der Waals surface area contributed by atoms with Gasteiger partial charge in [-0.2, -0.15) is 0 Å². The first-order valence-corrected chi connectivity index (χ1v) is 2.67. The van der Waals surface area contributed by atoms with Gasteiger partial charge in [-0.15, -0.1) is 0 Å². The second kappa shape index (κ2) is 4.87. The topological polar surface area (TPSA) is 52.3 Å². The van der Waals surface area contributed by atoms with E-state index in [1.165, 1.54) is 0 Å². The van der Waals surface area contributed by atoms with Crippen LogP contribution < -0.4 is 5.73 Å². The van der Waals surface area contributed by atoms with Gasteiger partial charge in [0, 0.05) is 11.6 Å². The molecule has 0 aromatic carbocycles. The minimum Gasteiger partial charge on any atom is -0.454 e. The monoisotopic (exact) mass is 137 g/mol. The molecule has 0 bridgehead atoms. The lowest BCUT2D eigenvalue weighted by atomic mass is 10.5. The first-order valence-electron chi connectivity index (χ1n) is 2.29. The number of ether oxygens (including phenoxy) is 1. The number of rotatable bonds is 3. The molecular weight excluding hydrogens is 130 g/mol. The highest BCUT2D eigenvalue weighted by atomic mass is 35.5. The number of hydrogen-bond acceptors (Lipinski definition) is 3. The predicted molar refractivity (Wildman–Crippen MR) is 30.9 cm³/mol. The van der Waals surface area contributed by atoms with Crippen molar-refractivity contribution in [1.82, 2.24) is 0 Å². The summed E-state index contributed by atoms with van der Waals surface area (Å²) in [7, 11) is 0. The van der Waals surface area contributed by atoms with E-state index in [0.717, 1.165) is 0 Å². The molecule has 0 aromatic rings. The molecule has 0 unspecified atom stereocenters. The summed E-state index contributed by atoms with van der Waals surface area (Å²) in [5.41, 5.74) is 4.32. The third-order valence-corrected chi connectivity index (χ3v) is 0.673. The molecule has 0 aliphatic rings. The number of halogens is 1. The molecule has 0 atom stereocenters. The Morgan fingerprint density at radius 1 is 1.75 bits per heavy atom. The fourth-order valence-corrected chi connectivity index (χ4v) is 0.313. The van der Waals surface area contributed by atoms with E-state index in [1.54, 1.807) is 0 Å². The summed E-state index contributed by atoms with van der Waals surface area (Å²) in [6.07, 6.45) is 0.665. The first-order chi connectivity index (χ1) is 3.77. The second-order valence-corrected chi connectivity index (χ2v) is 1.54. The third kappa shape index (κ3) is 5.72. The Morgan fingerprint density at radius 2 is 2.38 bits per heavy atom. The highest BCUT2D eigenvalue weighted by Crippen LogP contribution is 1.86. The van der Waals surface area contributed by atoms with Crippen molar-refractivity contribution in [1.29, 1.82) is 0 Å². The van der Waals surface area contributed by atoms with Crippen molar-refractivity contribution in [2.45, 2.75) is 6.42 Å². The van der Waals surface area contributed by atoms with Gasteiger partial charge in [0.25, 0.3) is 0 Å². The minimum absolute atomic E-state index is 0.318. The number of nitrogens with two attached hydrogens (primary N) is 1. The molecule has 0 rings (SSSR count). The van der Waals surface area contributed by atoms with Crippen LogP contribution in [0.5, 0.6) is 0 Å². The van der Waals surface area contributed by atoms with Crippen LogP contribution in [-0.2, 0) is 4.74 Å². The largest absolute Gasteiger partial charge is 0.454 e. The summed E-state index contributed by atoms with van der Waals surface area (Å²) in [5.74, 6) is 0. The first kappa shape index (κ1) is 7.72. The van der Waals surface area contributed by atoms with Gasteiger partial charge in [-0.05, 0) is 13.0 Å². The van der Waals surface area contributed by atoms with Crippen LogP contribution in [0.4, 0.5) is 4.79 Å². The van der Waals surface area contributed by atoms with Crippen LogP contribution in [0.2, 0.25) is 0 Å². The van der Waals surface area contributed by atoms with E-state index in [2.05, 4.69) is 4.74 Å². The quantitative estimate of drug-likeness (QED) is 0.461. The van der Waals surface area contributed by atoms with Crippen molar-refractivity contribution in [3.05, 3.63) is 0 Å². The third-order valence-electron chi connectivity index (χ3n) is 0.564. The maximum atomic E-state index is 9.82. The van der Waals surface area contributed by atoms with Crippen molar-refractivity contribution in [2.75, 3.05) is 13.2 Å². The smallest absolute Gasteiger partial charge is 0.403 e. The van der Waals surface area contributed by atoms with Crippen molar-refractivity contribution in [2.24, 2.45) is 5.73 Å². The summed E-state index contributed by atoms with van der Waals surface area (Å²) < 4.78 is 4.33. The molecule has 0 aliphatic heterocycles. The van der Waals surface area contributed by atoms with Crippen molar-refractivity contribution in [3.8, 4) is 0 Å². The van der Waals surface area contributed by atoms with Crippen LogP contribution in [0, 0.1) is 0 Å². The van der Waals surface area contributed by atoms with Crippen LogP contribution in [0.15, 0.2) is 0 Å². The highest BCUT2D eigenvalue weighted by molar-refractivity contribution is 6.61. The Labute approximate surface area is 52.8 Å². The number of carbonyl (C=O) groups excluding carboxylic acids is 1. The van der Waals surface area contributed by atoms with Crippen LogP contribution in [0.3, 0.4) is 0 Å². The average Bonchev–Trinajstić information content (AvgIpc) is 1.66. The van der Waals surface area contributed by atoms with Crippen LogP contribution in [-0.4, -0.2) is 18.6 Å². The maximum Gasteiger partial charge on any atom is 0.403 e. The molecule has 0 radical (unpaired) electrons. The summed E-state index contributed by atoms with van der Waals surface area (Å²) in [6.45, 7) is 0.836. The lowest BCUT2D eigenvalue weighted by Gasteiger charge is -1.94. The van der Waals surface area contributed by atoms with Gasteiger partial charge >= 0.3 is 5.43 Å². The fraction of sp³-hybridized carbons (Fsp3) is 0.750. The molecular formula is C4H8ClNO2. The Balaban J connectivity index is 2.82. The molecule has 4 heteroatoms. The predicted octanol–water partition coefficient (Wildman–Crippen LogP) is 0.711. The number of hydrogen-bond donors (Lipinski definition) is 1. The Bertz CT molecular complexity index is 76.4. The fourth-order valence-electron chi connectivity index (χ4n) is 0.236. The van der Waals surface area contributed by atoms with Gasteiger partial charge in [-0.3, -0.25) is 0 Å². The van der Waals surface area contributed by atoms with E-state index in [9.17, 15) is 4.79 Å². The SMILES string of the molecule is NCCCOC(=O)Cl. The van der Waals surface area contributed by atoms with Gasteiger partial charge in [0.05, 0.1) is 6.61 Å². The van der Waals surface area contributed by atoms with Crippen molar-refractivity contribution < 1.29 is 9.53 Å². The normalized spacial score (nSPS) is 8.75. The average molecular weight is 138 g/mol. The van der Waals surface area contributed by atoms with Gasteiger partial charge in [0.2, 0.25) is 0 Å². The van der Waals surface area contributed by atoms with Gasteiger partial charge in [0.15, 0.2) is 0 Å². The summed E-state index contributed by atoms with van der Waals surface area (Å²) in [5, 5.41) is 0. The molecule has 3 nitrogen and oxygen atoms in total. The lowest BCUT2D eigenvalue weighted by molar-refractivity contribution is 0.172. The molecule has 0 saturated carbocycles. The standard InChI is InChI=1S/C4H8ClNO2/c5-4(7)8-3-1-2-6/h1-3,6H2. The molecule has 2 N–H and O–H groups in total. The van der Waals surface area contributed by atoms with E-state index in [0.29, 0.717) is 19.6 Å². The summed E-state index contributed by atoms with van der Waals surface area (Å²) in [4.78, 5) is 9.82. The molecule has 48 valence electrons. The zero-order valence-electron chi connectivity index (χ0n) is 4.39. The van der Waals surface area contributed by atoms with E-state index < -0.39 is 5.43 Å². The van der Waals surface area contributed by atoms with Crippen LogP contribution >= 0.6 is 11.6 Å². The van der Waals surface area contributed by atoms with Crippen LogP contribution in [0.1, 0.15) is 6.42 Å². The van der Waals surface area contributed by atoms with E-state index in [1.807, 2.05) is 0 Å². The van der Waals surface area contributed by atoms with Crippen molar-refractivity contribution >= 4 is 17.0 Å². The van der Waals surface area contributed by atoms with E-state index in [4.69, 9.17) is 17.3 Å². The van der Waals surface area contributed by atoms with Crippen molar-refractivity contribution in [3.63, 3.8) is 0 Å². The minimum atomic E-state index is -0.765. The molecule has 0 heterocycles. The second-order valence-electron chi connectivity index (χ2n) is 1.23. The van der Waals surface area contributed by atoms with E-state index >= 15 is 0 Å². The number of carbonyl (C=O) groups is 1. The molecule has 0 saturated heterocycles. The molecule has 0 amide bonds. The van der Waals surface area contributed by atoms with Gasteiger partial charge in [0.1, 0.15) is 0 Å². The zero-order valence-corrected chi connectivity index (χ0v) is 5.15. The Hall–Kier alpha value is -0.280. The van der Waals surface area contributed by atoms with Gasteiger partial charge in [-0.1, -0.05) is 0 Å². The molecule has 0 aliphatic carbocycles. The maximum absolute atomic E-state index is 9.82. The molecule has 0 spiro atoms. The Kier molecular flexibility index (Phi) is 4.70. The van der Waals surface area contributed by atoms with E-state index in [-0.39, 0.29) is 0 Å². The summed E-state index contributed by atoms with van der Waals surface area (Å²) in [6, 6.07) is 0. The molecule has 8 heavy (non-hydrogen) atoms. The summed E-state index contributed by atoms with van der Waals surface area (Å²) >= 11 is 4.81. The van der Waals surface area contributed by atoms with Crippen LogP contribution in [0.25, 0.3) is 0 Å². The van der Waals surface area contributed by atoms with Gasteiger partial charge < -0.3 is 10.5 Å². The van der Waals surface area contributed by atoms with Gasteiger partial charge in [-0.25, -0.2) is 4.79 Å².